The second-order valence-corrected chi connectivity index (χ2v) is 10.9. The number of rotatable bonds is 5. The molecule has 3 atom stereocenters. The average molecular weight is 444 g/mol. The van der Waals surface area contributed by atoms with E-state index in [2.05, 4.69) is 37.6 Å². The number of hydrogen-bond acceptors (Lipinski definition) is 8. The van der Waals surface area contributed by atoms with Crippen molar-refractivity contribution in [2.75, 3.05) is 13.1 Å². The molecule has 3 aromatic rings. The van der Waals surface area contributed by atoms with E-state index >= 15 is 0 Å². The molecule has 1 aliphatic heterocycles. The maximum atomic E-state index is 13.4. The lowest BCUT2D eigenvalue weighted by molar-refractivity contribution is 0.0826. The van der Waals surface area contributed by atoms with Crippen LogP contribution in [-0.2, 0) is 6.54 Å². The molecular formula is C20H25N7OS2. The van der Waals surface area contributed by atoms with E-state index in [1.54, 1.807) is 33.7 Å². The summed E-state index contributed by atoms with van der Waals surface area (Å²) in [5.74, 6) is 0.993. The highest BCUT2D eigenvalue weighted by Crippen LogP contribution is 2.38. The van der Waals surface area contributed by atoms with Gasteiger partial charge in [-0.1, -0.05) is 0 Å². The fourth-order valence-corrected chi connectivity index (χ4v) is 6.81. The number of fused-ring (bicyclic) bond motifs is 2. The van der Waals surface area contributed by atoms with Crippen molar-refractivity contribution in [2.24, 2.45) is 11.8 Å². The van der Waals surface area contributed by atoms with Crippen LogP contribution in [-0.4, -0.2) is 55.1 Å². The lowest BCUT2D eigenvalue weighted by Crippen LogP contribution is -2.52. The minimum absolute atomic E-state index is 0.00391. The van der Waals surface area contributed by atoms with Crippen LogP contribution in [0, 0.1) is 32.6 Å². The van der Waals surface area contributed by atoms with Gasteiger partial charge in [0.15, 0.2) is 0 Å². The smallest absolute Gasteiger partial charge is 0.254 e. The van der Waals surface area contributed by atoms with Crippen molar-refractivity contribution in [1.82, 2.24) is 35.4 Å². The van der Waals surface area contributed by atoms with Gasteiger partial charge < -0.3 is 5.32 Å². The molecule has 0 spiro atoms. The molecule has 1 N–H and O–H groups in total. The van der Waals surface area contributed by atoms with E-state index in [4.69, 9.17) is 0 Å². The Morgan fingerprint density at radius 3 is 2.60 bits per heavy atom. The summed E-state index contributed by atoms with van der Waals surface area (Å²) in [6.07, 6.45) is 5.90. The summed E-state index contributed by atoms with van der Waals surface area (Å²) in [4.78, 5) is 22.7. The quantitative estimate of drug-likeness (QED) is 0.652. The number of tetrazole rings is 1. The van der Waals surface area contributed by atoms with Crippen molar-refractivity contribution >= 4 is 28.6 Å². The number of thiazole rings is 1. The highest BCUT2D eigenvalue weighted by molar-refractivity contribution is 7.15. The van der Waals surface area contributed by atoms with Gasteiger partial charge in [-0.25, -0.2) is 4.98 Å². The molecule has 1 amide bonds. The van der Waals surface area contributed by atoms with Crippen molar-refractivity contribution in [3.8, 4) is 5.00 Å². The van der Waals surface area contributed by atoms with Crippen molar-refractivity contribution in [2.45, 2.75) is 46.2 Å². The lowest BCUT2D eigenvalue weighted by Gasteiger charge is -2.38. The zero-order chi connectivity index (χ0) is 20.8. The molecule has 0 aromatic carbocycles. The summed E-state index contributed by atoms with van der Waals surface area (Å²) < 4.78 is 1.59. The fraction of sp³-hybridized carbons (Fsp3) is 0.550. The molecule has 5 rings (SSSR count). The summed E-state index contributed by atoms with van der Waals surface area (Å²) in [5.41, 5.74) is 1.71. The number of amides is 1. The Balaban J connectivity index is 1.31. The van der Waals surface area contributed by atoms with Crippen molar-refractivity contribution in [3.05, 3.63) is 38.4 Å². The van der Waals surface area contributed by atoms with E-state index in [9.17, 15) is 4.79 Å². The first-order chi connectivity index (χ1) is 14.5. The van der Waals surface area contributed by atoms with Gasteiger partial charge in [0.05, 0.1) is 10.6 Å². The maximum Gasteiger partial charge on any atom is 0.254 e. The van der Waals surface area contributed by atoms with Crippen LogP contribution in [0.5, 0.6) is 0 Å². The third kappa shape index (κ3) is 3.57. The van der Waals surface area contributed by atoms with E-state index in [0.717, 1.165) is 40.1 Å². The number of thiophene rings is 1. The zero-order valence-corrected chi connectivity index (χ0v) is 19.0. The third-order valence-electron chi connectivity index (χ3n) is 6.41. The van der Waals surface area contributed by atoms with Gasteiger partial charge in [-0.2, -0.15) is 4.68 Å². The predicted octanol–water partition coefficient (Wildman–Crippen LogP) is 2.75. The minimum Gasteiger partial charge on any atom is -0.349 e. The largest absolute Gasteiger partial charge is 0.349 e. The van der Waals surface area contributed by atoms with Gasteiger partial charge in [0.1, 0.15) is 11.3 Å². The first-order valence-corrected chi connectivity index (χ1v) is 11.9. The van der Waals surface area contributed by atoms with Gasteiger partial charge in [-0.05, 0) is 61.4 Å². The normalized spacial score (nSPS) is 23.8. The molecule has 1 saturated heterocycles. The Labute approximate surface area is 183 Å². The van der Waals surface area contributed by atoms with Crippen molar-refractivity contribution in [1.29, 1.82) is 0 Å². The Hall–Kier alpha value is -2.17. The van der Waals surface area contributed by atoms with Crippen LogP contribution >= 0.6 is 22.7 Å². The maximum absolute atomic E-state index is 13.4. The third-order valence-corrected chi connectivity index (χ3v) is 8.50. The molecule has 0 radical (unpaired) electrons. The van der Waals surface area contributed by atoms with Crippen LogP contribution in [0.25, 0.3) is 5.00 Å². The van der Waals surface area contributed by atoms with Crippen LogP contribution in [0.15, 0.2) is 12.5 Å². The molecule has 30 heavy (non-hydrogen) atoms. The monoisotopic (exact) mass is 443 g/mol. The fourth-order valence-electron chi connectivity index (χ4n) is 4.90. The molecule has 3 aromatic heterocycles. The summed E-state index contributed by atoms with van der Waals surface area (Å²) in [5, 5.41) is 16.8. The van der Waals surface area contributed by atoms with E-state index in [1.807, 2.05) is 20.0 Å². The van der Waals surface area contributed by atoms with E-state index in [-0.39, 0.29) is 11.9 Å². The van der Waals surface area contributed by atoms with Gasteiger partial charge in [0, 0.05) is 41.6 Å². The Morgan fingerprint density at radius 2 is 1.97 bits per heavy atom. The molecule has 10 heteroatoms. The van der Waals surface area contributed by atoms with Gasteiger partial charge >= 0.3 is 0 Å². The van der Waals surface area contributed by atoms with Gasteiger partial charge in [0.25, 0.3) is 5.91 Å². The Bertz CT molecular complexity index is 1040. The molecule has 2 aliphatic rings. The molecular weight excluding hydrogens is 418 g/mol. The number of carbonyl (C=O) groups excluding carboxylic acids is 1. The second-order valence-electron chi connectivity index (χ2n) is 8.35. The van der Waals surface area contributed by atoms with E-state index in [0.29, 0.717) is 17.4 Å². The summed E-state index contributed by atoms with van der Waals surface area (Å²) in [6, 6.07) is 0.235. The van der Waals surface area contributed by atoms with Gasteiger partial charge in [-0.3, -0.25) is 9.69 Å². The first-order valence-electron chi connectivity index (χ1n) is 10.3. The zero-order valence-electron chi connectivity index (χ0n) is 17.3. The number of piperidine rings is 1. The van der Waals surface area contributed by atoms with E-state index in [1.165, 1.54) is 17.7 Å². The number of likely N-dealkylation sites (tertiary alicyclic amines) is 1. The molecule has 2 bridgehead atoms. The van der Waals surface area contributed by atoms with Crippen LogP contribution in [0.1, 0.15) is 43.5 Å². The van der Waals surface area contributed by atoms with Crippen LogP contribution < -0.4 is 5.32 Å². The van der Waals surface area contributed by atoms with Crippen molar-refractivity contribution in [3.63, 3.8) is 0 Å². The Kier molecular flexibility index (Phi) is 5.16. The molecule has 1 unspecified atom stereocenters. The SMILES string of the molecule is Cc1ncc(CN2C[C@H]3CC[C@@H](C2)C3NC(=O)c2c(-n3cnnn3)sc(C)c2C)s1. The molecule has 4 heterocycles. The van der Waals surface area contributed by atoms with Crippen LogP contribution in [0.2, 0.25) is 0 Å². The van der Waals surface area contributed by atoms with E-state index < -0.39 is 0 Å². The molecule has 8 nitrogen and oxygen atoms in total. The average Bonchev–Trinajstić information content (AvgIpc) is 3.47. The highest BCUT2D eigenvalue weighted by Gasteiger charge is 2.43. The second kappa shape index (κ2) is 7.82. The van der Waals surface area contributed by atoms with Crippen LogP contribution in [0.3, 0.4) is 0 Å². The first kappa shape index (κ1) is 19.8. The summed E-state index contributed by atoms with van der Waals surface area (Å²) >= 11 is 3.33. The summed E-state index contributed by atoms with van der Waals surface area (Å²) in [7, 11) is 0. The minimum atomic E-state index is -0.00391. The number of aryl methyl sites for hydroxylation is 2. The van der Waals surface area contributed by atoms with Crippen LogP contribution in [0.4, 0.5) is 0 Å². The topological polar surface area (TPSA) is 88.8 Å². The molecule has 1 saturated carbocycles. The highest BCUT2D eigenvalue weighted by atomic mass is 32.1. The standard InChI is InChI=1S/C20H25N7OS2/c1-11-12(2)29-20(27-10-22-24-25-27)17(11)19(28)23-18-14-4-5-15(18)8-26(7-14)9-16-6-21-13(3)30-16/h6,10,14-15,18H,4-5,7-9H2,1-3H3,(H,23,28)/t14-,15+,18?. The molecule has 158 valence electrons. The summed E-state index contributed by atoms with van der Waals surface area (Å²) in [6.45, 7) is 9.11. The molecule has 2 fully saturated rings. The van der Waals surface area contributed by atoms with Crippen molar-refractivity contribution < 1.29 is 4.79 Å². The predicted molar refractivity (Wildman–Crippen MR) is 116 cm³/mol. The Morgan fingerprint density at radius 1 is 1.20 bits per heavy atom. The number of nitrogens with one attached hydrogen (secondary N) is 1. The number of hydrogen-bond donors (Lipinski definition) is 1. The van der Waals surface area contributed by atoms with Gasteiger partial charge in [0.2, 0.25) is 0 Å². The number of aromatic nitrogens is 5. The van der Waals surface area contributed by atoms with Gasteiger partial charge in [-0.15, -0.1) is 27.8 Å². The number of carbonyl (C=O) groups is 1. The molecule has 1 aliphatic carbocycles. The number of nitrogens with zero attached hydrogens (tertiary/aromatic N) is 6. The lowest BCUT2D eigenvalue weighted by atomic mass is 9.91.